The minimum absolute atomic E-state index is 0.147. The molecular formula is C19H28N3O2S+. The summed E-state index contributed by atoms with van der Waals surface area (Å²) in [5.41, 5.74) is 0.780. The molecule has 2 amide bonds. The summed E-state index contributed by atoms with van der Waals surface area (Å²) in [6.07, 6.45) is 1.33. The van der Waals surface area contributed by atoms with Crippen LogP contribution in [0.4, 0.5) is 5.69 Å². The smallest absolute Gasteiger partial charge is 0.260 e. The predicted molar refractivity (Wildman–Crippen MR) is 104 cm³/mol. The molecule has 0 radical (unpaired) electrons. The van der Waals surface area contributed by atoms with Crippen molar-refractivity contribution in [3.05, 3.63) is 30.3 Å². The number of carbonyl (C=O) groups is 2. The van der Waals surface area contributed by atoms with E-state index in [4.69, 9.17) is 0 Å². The number of carbonyl (C=O) groups excluding carboxylic acids is 2. The Morgan fingerprint density at radius 2 is 1.80 bits per heavy atom. The van der Waals surface area contributed by atoms with Crippen molar-refractivity contribution >= 4 is 34.4 Å². The van der Waals surface area contributed by atoms with Gasteiger partial charge in [0.15, 0.2) is 5.17 Å². The van der Waals surface area contributed by atoms with Crippen LogP contribution in [0.15, 0.2) is 35.3 Å². The average molecular weight is 363 g/mol. The molecule has 0 spiro atoms. The van der Waals surface area contributed by atoms with Crippen LogP contribution in [0.1, 0.15) is 33.6 Å². The van der Waals surface area contributed by atoms with E-state index in [9.17, 15) is 9.59 Å². The molecule has 1 atom stereocenters. The molecule has 0 unspecified atom stereocenters. The molecule has 0 aromatic heterocycles. The third-order valence-corrected chi connectivity index (χ3v) is 5.43. The lowest BCUT2D eigenvalue weighted by Crippen LogP contribution is -3.11. The van der Waals surface area contributed by atoms with Crippen LogP contribution < -0.4 is 9.80 Å². The van der Waals surface area contributed by atoms with Gasteiger partial charge in [-0.3, -0.25) is 14.5 Å². The highest BCUT2D eigenvalue weighted by molar-refractivity contribution is 8.14. The Bertz CT molecular complexity index is 614. The first kappa shape index (κ1) is 19.7. The first-order valence-corrected chi connectivity index (χ1v) is 10.1. The summed E-state index contributed by atoms with van der Waals surface area (Å²) in [7, 11) is 0. The zero-order chi connectivity index (χ0) is 18.2. The molecule has 1 aliphatic heterocycles. The largest absolute Gasteiger partial charge is 0.335 e. The number of para-hydroxylation sites is 1. The van der Waals surface area contributed by atoms with Gasteiger partial charge in [0.05, 0.1) is 31.1 Å². The summed E-state index contributed by atoms with van der Waals surface area (Å²) in [5.74, 6) is -0.261. The van der Waals surface area contributed by atoms with E-state index in [1.54, 1.807) is 4.90 Å². The predicted octanol–water partition coefficient (Wildman–Crippen LogP) is 1.99. The fourth-order valence-corrected chi connectivity index (χ4v) is 3.97. The molecule has 0 saturated carbocycles. The normalized spacial score (nSPS) is 18.0. The van der Waals surface area contributed by atoms with Gasteiger partial charge in [0.1, 0.15) is 5.92 Å². The molecule has 136 valence electrons. The van der Waals surface area contributed by atoms with Crippen LogP contribution >= 0.6 is 11.8 Å². The van der Waals surface area contributed by atoms with E-state index in [0.717, 1.165) is 37.5 Å². The highest BCUT2D eigenvalue weighted by Crippen LogP contribution is 2.28. The zero-order valence-corrected chi connectivity index (χ0v) is 16.1. The lowest BCUT2D eigenvalue weighted by Gasteiger charge is -2.30. The van der Waals surface area contributed by atoms with Crippen LogP contribution in [0, 0.1) is 5.92 Å². The second-order valence-electron chi connectivity index (χ2n) is 6.14. The van der Waals surface area contributed by atoms with E-state index in [0.29, 0.717) is 11.6 Å². The molecule has 0 fully saturated rings. The molecule has 1 heterocycles. The van der Waals surface area contributed by atoms with Crippen LogP contribution in [-0.4, -0.2) is 42.4 Å². The van der Waals surface area contributed by atoms with Crippen LogP contribution in [0.3, 0.4) is 0 Å². The number of anilines is 1. The van der Waals surface area contributed by atoms with Crippen molar-refractivity contribution < 1.29 is 14.5 Å². The van der Waals surface area contributed by atoms with Crippen LogP contribution in [0.2, 0.25) is 0 Å². The highest BCUT2D eigenvalue weighted by atomic mass is 32.2. The van der Waals surface area contributed by atoms with Crippen molar-refractivity contribution in [3.8, 4) is 0 Å². The Balaban J connectivity index is 2.22. The summed E-state index contributed by atoms with van der Waals surface area (Å²) < 4.78 is 0. The summed E-state index contributed by atoms with van der Waals surface area (Å²) in [6.45, 7) is 9.44. The molecule has 6 heteroatoms. The van der Waals surface area contributed by atoms with Gasteiger partial charge in [-0.1, -0.05) is 43.3 Å². The van der Waals surface area contributed by atoms with Crippen molar-refractivity contribution in [1.82, 2.24) is 0 Å². The average Bonchev–Trinajstić information content (AvgIpc) is 2.63. The van der Waals surface area contributed by atoms with Gasteiger partial charge in [-0.15, -0.1) is 0 Å². The van der Waals surface area contributed by atoms with E-state index < -0.39 is 5.92 Å². The van der Waals surface area contributed by atoms with Crippen LogP contribution in [-0.2, 0) is 9.59 Å². The molecule has 1 aliphatic rings. The zero-order valence-electron chi connectivity index (χ0n) is 15.3. The number of amides is 2. The number of rotatable bonds is 8. The first-order chi connectivity index (χ1) is 12.1. The van der Waals surface area contributed by atoms with E-state index >= 15 is 0 Å². The van der Waals surface area contributed by atoms with Crippen molar-refractivity contribution in [2.24, 2.45) is 10.9 Å². The Morgan fingerprint density at radius 3 is 2.40 bits per heavy atom. The van der Waals surface area contributed by atoms with Gasteiger partial charge in [-0.05, 0) is 32.4 Å². The highest BCUT2D eigenvalue weighted by Gasteiger charge is 2.38. The standard InChI is InChI=1S/C19H27N3O2S/c1-4-10-16-17(23)20-19(25-14-13-21(5-2)6-3)22(18(16)24)15-11-8-7-9-12-15/h7-9,11-12,16H,4-6,10,13-14H2,1-3H3/p+1/t16-/m1/s1. The van der Waals surface area contributed by atoms with E-state index in [1.165, 1.54) is 16.7 Å². The van der Waals surface area contributed by atoms with Crippen LogP contribution in [0.25, 0.3) is 0 Å². The molecule has 1 aromatic carbocycles. The van der Waals surface area contributed by atoms with E-state index in [1.807, 2.05) is 37.3 Å². The minimum atomic E-state index is -0.650. The van der Waals surface area contributed by atoms with Crippen molar-refractivity contribution in [1.29, 1.82) is 0 Å². The fourth-order valence-electron chi connectivity index (χ4n) is 2.92. The number of thioether (sulfide) groups is 1. The molecule has 0 bridgehead atoms. The number of aliphatic imine (C=N–C) groups is 1. The molecular weight excluding hydrogens is 334 g/mol. The second-order valence-corrected chi connectivity index (χ2v) is 7.20. The van der Waals surface area contributed by atoms with Gasteiger partial charge in [-0.25, -0.2) is 0 Å². The van der Waals surface area contributed by atoms with E-state index in [2.05, 4.69) is 18.8 Å². The van der Waals surface area contributed by atoms with E-state index in [-0.39, 0.29) is 11.8 Å². The van der Waals surface area contributed by atoms with Gasteiger partial charge in [0.25, 0.3) is 5.91 Å². The number of nitrogens with zero attached hydrogens (tertiary/aromatic N) is 2. The Labute approximate surface area is 154 Å². The second kappa shape index (κ2) is 9.73. The molecule has 0 saturated heterocycles. The van der Waals surface area contributed by atoms with Gasteiger partial charge < -0.3 is 4.90 Å². The van der Waals surface area contributed by atoms with Crippen molar-refractivity contribution in [2.75, 3.05) is 30.3 Å². The lowest BCUT2D eigenvalue weighted by atomic mass is 10.00. The number of quaternary nitrogens is 1. The quantitative estimate of drug-likeness (QED) is 0.720. The van der Waals surface area contributed by atoms with Crippen molar-refractivity contribution in [3.63, 3.8) is 0 Å². The van der Waals surface area contributed by atoms with Crippen LogP contribution in [0.5, 0.6) is 0 Å². The minimum Gasteiger partial charge on any atom is -0.335 e. The third-order valence-electron chi connectivity index (χ3n) is 4.49. The first-order valence-electron chi connectivity index (χ1n) is 9.10. The van der Waals surface area contributed by atoms with Crippen molar-refractivity contribution in [2.45, 2.75) is 33.6 Å². The molecule has 1 aromatic rings. The van der Waals surface area contributed by atoms with Gasteiger partial charge >= 0.3 is 0 Å². The SMILES string of the molecule is CCC[C@@H]1C(=O)N=C(SCC[NH+](CC)CC)N(c2ccccc2)C1=O. The maximum absolute atomic E-state index is 13.0. The Morgan fingerprint density at radius 1 is 1.12 bits per heavy atom. The molecule has 1 N–H and O–H groups in total. The summed E-state index contributed by atoms with van der Waals surface area (Å²) in [4.78, 5) is 32.7. The summed E-state index contributed by atoms with van der Waals surface area (Å²) >= 11 is 1.50. The number of benzene rings is 1. The molecule has 0 aliphatic carbocycles. The maximum atomic E-state index is 13.0. The summed E-state index contributed by atoms with van der Waals surface area (Å²) in [5, 5.41) is 0.514. The molecule has 25 heavy (non-hydrogen) atoms. The van der Waals surface area contributed by atoms with Gasteiger partial charge in [-0.2, -0.15) is 4.99 Å². The number of hydrogen-bond donors (Lipinski definition) is 1. The lowest BCUT2D eigenvalue weighted by molar-refractivity contribution is -0.893. The van der Waals surface area contributed by atoms with Gasteiger partial charge in [0, 0.05) is 0 Å². The fraction of sp³-hybridized carbons (Fsp3) is 0.526. The van der Waals surface area contributed by atoms with Gasteiger partial charge in [0.2, 0.25) is 5.91 Å². The molecule has 5 nitrogen and oxygen atoms in total. The maximum Gasteiger partial charge on any atom is 0.260 e. The topological polar surface area (TPSA) is 54.2 Å². The summed E-state index contributed by atoms with van der Waals surface area (Å²) in [6, 6.07) is 9.50. The molecule has 2 rings (SSSR count). The monoisotopic (exact) mass is 362 g/mol. The number of nitrogens with one attached hydrogen (secondary N) is 1. The third kappa shape index (κ3) is 4.92. The Hall–Kier alpha value is -1.66. The Kier molecular flexibility index (Phi) is 7.65. The number of hydrogen-bond acceptors (Lipinski definition) is 3. The number of amidine groups is 1.